The van der Waals surface area contributed by atoms with Crippen LogP contribution in [0.5, 0.6) is 0 Å². The molecule has 0 bridgehead atoms. The average molecular weight is 315 g/mol. The van der Waals surface area contributed by atoms with Crippen molar-refractivity contribution in [2.45, 2.75) is 19.9 Å². The molecule has 1 aliphatic heterocycles. The van der Waals surface area contributed by atoms with E-state index < -0.39 is 0 Å². The van der Waals surface area contributed by atoms with Crippen molar-refractivity contribution >= 4 is 38.3 Å². The predicted octanol–water partition coefficient (Wildman–Crippen LogP) is 4.82. The molecule has 1 aromatic heterocycles. The van der Waals surface area contributed by atoms with Crippen LogP contribution in [0.4, 0.5) is 5.13 Å². The summed E-state index contributed by atoms with van der Waals surface area (Å²) in [7, 11) is 0. The smallest absolute Gasteiger partial charge is 0.186 e. The van der Waals surface area contributed by atoms with Gasteiger partial charge in [0.05, 0.1) is 10.2 Å². The number of aromatic nitrogens is 1. The predicted molar refractivity (Wildman–Crippen MR) is 90.6 cm³/mol. The van der Waals surface area contributed by atoms with Crippen molar-refractivity contribution in [2.75, 3.05) is 11.4 Å². The van der Waals surface area contributed by atoms with Crippen LogP contribution in [-0.4, -0.2) is 11.5 Å². The maximum absolute atomic E-state index is 6.20. The number of hydrogen-bond acceptors (Lipinski definition) is 3. The van der Waals surface area contributed by atoms with Gasteiger partial charge in [0, 0.05) is 18.1 Å². The Hall–Kier alpha value is -1.58. The molecular formula is C17H15ClN2S. The topological polar surface area (TPSA) is 16.1 Å². The van der Waals surface area contributed by atoms with E-state index in [1.54, 1.807) is 11.3 Å². The number of anilines is 1. The molecule has 0 radical (unpaired) electrons. The lowest BCUT2D eigenvalue weighted by molar-refractivity contribution is 0.730. The lowest BCUT2D eigenvalue weighted by Gasteiger charge is -2.28. The van der Waals surface area contributed by atoms with Crippen LogP contribution in [0.1, 0.15) is 16.7 Å². The van der Waals surface area contributed by atoms with E-state index in [4.69, 9.17) is 16.6 Å². The van der Waals surface area contributed by atoms with E-state index in [2.05, 4.69) is 35.2 Å². The Kier molecular flexibility index (Phi) is 3.12. The molecule has 0 saturated carbocycles. The van der Waals surface area contributed by atoms with Crippen LogP contribution in [0.2, 0.25) is 5.02 Å². The van der Waals surface area contributed by atoms with Crippen molar-refractivity contribution in [3.63, 3.8) is 0 Å². The normalized spacial score (nSPS) is 14.5. The molecule has 2 heterocycles. The third-order valence-corrected chi connectivity index (χ3v) is 5.63. The minimum Gasteiger partial charge on any atom is -0.343 e. The van der Waals surface area contributed by atoms with Crippen molar-refractivity contribution in [3.8, 4) is 0 Å². The van der Waals surface area contributed by atoms with Crippen LogP contribution in [0.15, 0.2) is 36.4 Å². The molecule has 0 unspecified atom stereocenters. The fourth-order valence-corrected chi connectivity index (χ4v) is 4.09. The minimum atomic E-state index is 0.795. The van der Waals surface area contributed by atoms with E-state index in [1.165, 1.54) is 15.8 Å². The standard InChI is InChI=1S/C17H15ClN2S/c1-11-14(18)6-7-15-16(11)19-17(21-15)20-9-8-12-4-2-3-5-13(12)10-20/h2-7H,8-10H2,1H3. The zero-order chi connectivity index (χ0) is 14.4. The van der Waals surface area contributed by atoms with Gasteiger partial charge in [0.2, 0.25) is 0 Å². The minimum absolute atomic E-state index is 0.795. The Morgan fingerprint density at radius 3 is 2.81 bits per heavy atom. The highest BCUT2D eigenvalue weighted by Gasteiger charge is 2.19. The second-order valence-electron chi connectivity index (χ2n) is 5.46. The van der Waals surface area contributed by atoms with Crippen LogP contribution in [-0.2, 0) is 13.0 Å². The molecule has 2 aromatic carbocycles. The molecule has 4 rings (SSSR count). The van der Waals surface area contributed by atoms with E-state index in [1.807, 2.05) is 13.0 Å². The third-order valence-electron chi connectivity index (χ3n) is 4.14. The Balaban J connectivity index is 1.73. The lowest BCUT2D eigenvalue weighted by atomic mass is 10.0. The summed E-state index contributed by atoms with van der Waals surface area (Å²) in [6, 6.07) is 12.7. The number of hydrogen-bond donors (Lipinski definition) is 0. The summed E-state index contributed by atoms with van der Waals surface area (Å²) in [4.78, 5) is 7.21. The van der Waals surface area contributed by atoms with Gasteiger partial charge in [-0.15, -0.1) is 0 Å². The molecule has 0 fully saturated rings. The first-order chi connectivity index (χ1) is 10.2. The number of benzene rings is 2. The second kappa shape index (κ2) is 5.00. The first kappa shape index (κ1) is 13.1. The molecule has 0 N–H and O–H groups in total. The molecule has 2 nitrogen and oxygen atoms in total. The van der Waals surface area contributed by atoms with Crippen molar-refractivity contribution in [2.24, 2.45) is 0 Å². The number of thiazole rings is 1. The number of fused-ring (bicyclic) bond motifs is 2. The fraction of sp³-hybridized carbons (Fsp3) is 0.235. The quantitative estimate of drug-likeness (QED) is 0.640. The highest BCUT2D eigenvalue weighted by molar-refractivity contribution is 7.22. The van der Waals surface area contributed by atoms with Gasteiger partial charge in [-0.2, -0.15) is 0 Å². The number of nitrogens with zero attached hydrogens (tertiary/aromatic N) is 2. The van der Waals surface area contributed by atoms with Gasteiger partial charge in [-0.05, 0) is 42.2 Å². The highest BCUT2D eigenvalue weighted by atomic mass is 35.5. The summed E-state index contributed by atoms with van der Waals surface area (Å²) in [5.74, 6) is 0. The molecule has 0 spiro atoms. The molecule has 106 valence electrons. The Morgan fingerprint density at radius 2 is 1.95 bits per heavy atom. The third kappa shape index (κ3) is 2.21. The summed E-state index contributed by atoms with van der Waals surface area (Å²) >= 11 is 7.96. The van der Waals surface area contributed by atoms with Crippen molar-refractivity contribution in [1.82, 2.24) is 4.98 Å². The molecular weight excluding hydrogens is 300 g/mol. The molecule has 0 amide bonds. The maximum atomic E-state index is 6.20. The van der Waals surface area contributed by atoms with Crippen LogP contribution >= 0.6 is 22.9 Å². The number of aryl methyl sites for hydroxylation is 1. The summed E-state index contributed by atoms with van der Waals surface area (Å²) < 4.78 is 1.21. The zero-order valence-electron chi connectivity index (χ0n) is 11.8. The van der Waals surface area contributed by atoms with E-state index in [-0.39, 0.29) is 0 Å². The van der Waals surface area contributed by atoms with E-state index in [0.29, 0.717) is 0 Å². The van der Waals surface area contributed by atoms with E-state index >= 15 is 0 Å². The highest BCUT2D eigenvalue weighted by Crippen LogP contribution is 2.35. The molecule has 1 aliphatic rings. The molecule has 0 saturated heterocycles. The number of rotatable bonds is 1. The molecule has 0 atom stereocenters. The summed E-state index contributed by atoms with van der Waals surface area (Å²) in [5, 5.41) is 1.90. The first-order valence-corrected chi connectivity index (χ1v) is 8.29. The zero-order valence-corrected chi connectivity index (χ0v) is 13.3. The Morgan fingerprint density at radius 1 is 1.14 bits per heavy atom. The Labute approximate surface area is 133 Å². The summed E-state index contributed by atoms with van der Waals surface area (Å²) in [6.45, 7) is 4.02. The maximum Gasteiger partial charge on any atom is 0.186 e. The van der Waals surface area contributed by atoms with Gasteiger partial charge >= 0.3 is 0 Å². The van der Waals surface area contributed by atoms with Gasteiger partial charge in [0.1, 0.15) is 0 Å². The first-order valence-electron chi connectivity index (χ1n) is 7.10. The molecule has 3 aromatic rings. The van der Waals surface area contributed by atoms with Gasteiger partial charge in [0.15, 0.2) is 5.13 Å². The van der Waals surface area contributed by atoms with Gasteiger partial charge in [0.25, 0.3) is 0 Å². The molecule has 0 aliphatic carbocycles. The monoisotopic (exact) mass is 314 g/mol. The van der Waals surface area contributed by atoms with E-state index in [0.717, 1.165) is 40.7 Å². The average Bonchev–Trinajstić information content (AvgIpc) is 2.95. The largest absolute Gasteiger partial charge is 0.343 e. The summed E-state index contributed by atoms with van der Waals surface area (Å²) in [5.41, 5.74) is 5.00. The lowest BCUT2D eigenvalue weighted by Crippen LogP contribution is -2.30. The Bertz CT molecular complexity index is 825. The SMILES string of the molecule is Cc1c(Cl)ccc2sc(N3CCc4ccccc4C3)nc12. The van der Waals surface area contributed by atoms with Gasteiger partial charge < -0.3 is 4.90 Å². The molecule has 4 heteroatoms. The van der Waals surface area contributed by atoms with Gasteiger partial charge in [-0.1, -0.05) is 47.2 Å². The van der Waals surface area contributed by atoms with Gasteiger partial charge in [-0.25, -0.2) is 4.98 Å². The van der Waals surface area contributed by atoms with Crippen LogP contribution in [0, 0.1) is 6.92 Å². The van der Waals surface area contributed by atoms with Gasteiger partial charge in [-0.3, -0.25) is 0 Å². The van der Waals surface area contributed by atoms with Crippen molar-refractivity contribution in [1.29, 1.82) is 0 Å². The van der Waals surface area contributed by atoms with Crippen LogP contribution in [0.3, 0.4) is 0 Å². The van der Waals surface area contributed by atoms with E-state index in [9.17, 15) is 0 Å². The van der Waals surface area contributed by atoms with Crippen LogP contribution in [0.25, 0.3) is 10.2 Å². The van der Waals surface area contributed by atoms with Crippen LogP contribution < -0.4 is 4.90 Å². The number of halogens is 1. The fourth-order valence-electron chi connectivity index (χ4n) is 2.88. The van der Waals surface area contributed by atoms with Crippen molar-refractivity contribution < 1.29 is 0 Å². The second-order valence-corrected chi connectivity index (χ2v) is 6.87. The van der Waals surface area contributed by atoms with Crippen molar-refractivity contribution in [3.05, 3.63) is 58.1 Å². The molecule has 21 heavy (non-hydrogen) atoms. The summed E-state index contributed by atoms with van der Waals surface area (Å²) in [6.07, 6.45) is 1.09.